The number of rotatable bonds is 4. The molecule has 0 bridgehead atoms. The number of benzene rings is 1. The van der Waals surface area contributed by atoms with Crippen molar-refractivity contribution in [2.24, 2.45) is 0 Å². The average molecular weight is 249 g/mol. The maximum atomic E-state index is 11.2. The van der Waals surface area contributed by atoms with Crippen LogP contribution in [0.25, 0.3) is 0 Å². The smallest absolute Gasteiger partial charge is 0.292 e. The predicted octanol–water partition coefficient (Wildman–Crippen LogP) is 2.09. The molecule has 1 fully saturated rings. The van der Waals surface area contributed by atoms with Crippen LogP contribution in [0, 0.1) is 17.0 Å². The summed E-state index contributed by atoms with van der Waals surface area (Å²) in [6.07, 6.45) is 1.04. The van der Waals surface area contributed by atoms with Crippen LogP contribution in [0.3, 0.4) is 0 Å². The van der Waals surface area contributed by atoms with Crippen LogP contribution in [0.2, 0.25) is 0 Å². The molecule has 0 amide bonds. The van der Waals surface area contributed by atoms with E-state index >= 15 is 0 Å². The van der Waals surface area contributed by atoms with Crippen molar-refractivity contribution in [1.29, 1.82) is 0 Å². The summed E-state index contributed by atoms with van der Waals surface area (Å²) in [5, 5.41) is 14.5. The minimum Gasteiger partial charge on any atom is -0.362 e. The zero-order valence-electron chi connectivity index (χ0n) is 10.8. The molecule has 0 radical (unpaired) electrons. The van der Waals surface area contributed by atoms with Crippen LogP contribution < -0.4 is 10.2 Å². The van der Waals surface area contributed by atoms with Crippen molar-refractivity contribution in [2.45, 2.75) is 26.3 Å². The lowest BCUT2D eigenvalue weighted by atomic mass is 10.1. The zero-order chi connectivity index (χ0) is 13.1. The van der Waals surface area contributed by atoms with Gasteiger partial charge >= 0.3 is 0 Å². The van der Waals surface area contributed by atoms with Crippen LogP contribution >= 0.6 is 0 Å². The molecule has 1 aromatic carbocycles. The standard InChI is InChI=1S/C13H19N3O2/c1-3-15(11-7-8-14-9-11)13-10(2)5-4-6-12(13)16(17)18/h4-6,11,14H,3,7-9H2,1-2H3. The number of nitro benzene ring substituents is 1. The molecule has 2 rings (SSSR count). The molecular weight excluding hydrogens is 230 g/mol. The lowest BCUT2D eigenvalue weighted by molar-refractivity contribution is -0.384. The van der Waals surface area contributed by atoms with Crippen molar-refractivity contribution >= 4 is 11.4 Å². The van der Waals surface area contributed by atoms with Gasteiger partial charge < -0.3 is 10.2 Å². The fraction of sp³-hybridized carbons (Fsp3) is 0.538. The molecule has 5 nitrogen and oxygen atoms in total. The van der Waals surface area contributed by atoms with Crippen molar-refractivity contribution in [3.05, 3.63) is 33.9 Å². The summed E-state index contributed by atoms with van der Waals surface area (Å²) < 4.78 is 0. The van der Waals surface area contributed by atoms with Gasteiger partial charge in [0.1, 0.15) is 5.69 Å². The Labute approximate surface area is 107 Å². The first-order valence-corrected chi connectivity index (χ1v) is 6.36. The summed E-state index contributed by atoms with van der Waals surface area (Å²) in [6, 6.07) is 5.63. The molecule has 0 aromatic heterocycles. The molecule has 1 unspecified atom stereocenters. The van der Waals surface area contributed by atoms with Gasteiger partial charge in [0.25, 0.3) is 5.69 Å². The predicted molar refractivity (Wildman–Crippen MR) is 72.1 cm³/mol. The molecule has 0 saturated carbocycles. The third-order valence-electron chi connectivity index (χ3n) is 3.52. The van der Waals surface area contributed by atoms with E-state index in [2.05, 4.69) is 17.1 Å². The monoisotopic (exact) mass is 249 g/mol. The van der Waals surface area contributed by atoms with Gasteiger partial charge in [0.05, 0.1) is 4.92 Å². The highest BCUT2D eigenvalue weighted by Gasteiger charge is 2.27. The normalized spacial score (nSPS) is 18.9. The molecule has 1 atom stereocenters. The number of aryl methyl sites for hydroxylation is 1. The Morgan fingerprint density at radius 2 is 2.33 bits per heavy atom. The van der Waals surface area contributed by atoms with Crippen LogP contribution in [0.5, 0.6) is 0 Å². The van der Waals surface area contributed by atoms with Crippen LogP contribution in [-0.2, 0) is 0 Å². The third kappa shape index (κ3) is 2.31. The van der Waals surface area contributed by atoms with E-state index in [1.54, 1.807) is 12.1 Å². The minimum atomic E-state index is -0.284. The number of nitro groups is 1. The van der Waals surface area contributed by atoms with Crippen molar-refractivity contribution in [3.63, 3.8) is 0 Å². The quantitative estimate of drug-likeness (QED) is 0.655. The molecule has 1 aliphatic rings. The Morgan fingerprint density at radius 1 is 1.56 bits per heavy atom. The Kier molecular flexibility index (Phi) is 3.81. The summed E-state index contributed by atoms with van der Waals surface area (Å²) in [5.74, 6) is 0. The summed E-state index contributed by atoms with van der Waals surface area (Å²) in [4.78, 5) is 13.0. The summed E-state index contributed by atoms with van der Waals surface area (Å²) in [6.45, 7) is 6.67. The second kappa shape index (κ2) is 5.35. The molecule has 1 aromatic rings. The van der Waals surface area contributed by atoms with Gasteiger partial charge in [-0.05, 0) is 32.4 Å². The van der Waals surface area contributed by atoms with Crippen LogP contribution in [0.4, 0.5) is 11.4 Å². The number of para-hydroxylation sites is 1. The maximum absolute atomic E-state index is 11.2. The minimum absolute atomic E-state index is 0.212. The number of nitrogens with zero attached hydrogens (tertiary/aromatic N) is 2. The zero-order valence-corrected chi connectivity index (χ0v) is 10.8. The average Bonchev–Trinajstić information content (AvgIpc) is 2.85. The second-order valence-corrected chi connectivity index (χ2v) is 4.63. The van der Waals surface area contributed by atoms with E-state index in [4.69, 9.17) is 0 Å². The lowest BCUT2D eigenvalue weighted by Crippen LogP contribution is -2.37. The summed E-state index contributed by atoms with van der Waals surface area (Å²) in [7, 11) is 0. The summed E-state index contributed by atoms with van der Waals surface area (Å²) >= 11 is 0. The maximum Gasteiger partial charge on any atom is 0.292 e. The van der Waals surface area contributed by atoms with E-state index in [0.717, 1.165) is 37.3 Å². The van der Waals surface area contributed by atoms with Crippen molar-refractivity contribution in [1.82, 2.24) is 5.32 Å². The SMILES string of the molecule is CCN(c1c(C)cccc1[N+](=O)[O-])C1CCNC1. The number of hydrogen-bond donors (Lipinski definition) is 1. The highest BCUT2D eigenvalue weighted by molar-refractivity contribution is 5.68. The van der Waals surface area contributed by atoms with Crippen LogP contribution in [0.15, 0.2) is 18.2 Å². The van der Waals surface area contributed by atoms with Gasteiger partial charge in [-0.2, -0.15) is 0 Å². The van der Waals surface area contributed by atoms with Gasteiger partial charge in [0, 0.05) is 25.2 Å². The first-order valence-electron chi connectivity index (χ1n) is 6.36. The molecule has 18 heavy (non-hydrogen) atoms. The third-order valence-corrected chi connectivity index (χ3v) is 3.52. The number of nitrogens with one attached hydrogen (secondary N) is 1. The first-order chi connectivity index (χ1) is 8.65. The molecular formula is C13H19N3O2. The van der Waals surface area contributed by atoms with E-state index in [9.17, 15) is 10.1 Å². The Hall–Kier alpha value is -1.62. The van der Waals surface area contributed by atoms with E-state index in [-0.39, 0.29) is 10.6 Å². The van der Waals surface area contributed by atoms with Gasteiger partial charge in [0.2, 0.25) is 0 Å². The highest BCUT2D eigenvalue weighted by atomic mass is 16.6. The van der Waals surface area contributed by atoms with Crippen molar-refractivity contribution in [3.8, 4) is 0 Å². The van der Waals surface area contributed by atoms with Gasteiger partial charge in [-0.15, -0.1) is 0 Å². The molecule has 1 saturated heterocycles. The lowest BCUT2D eigenvalue weighted by Gasteiger charge is -2.30. The molecule has 5 heteroatoms. The molecule has 1 N–H and O–H groups in total. The van der Waals surface area contributed by atoms with Gasteiger partial charge in [0.15, 0.2) is 0 Å². The number of anilines is 1. The summed E-state index contributed by atoms with van der Waals surface area (Å²) in [5.41, 5.74) is 1.96. The highest BCUT2D eigenvalue weighted by Crippen LogP contribution is 2.33. The van der Waals surface area contributed by atoms with Gasteiger partial charge in [-0.25, -0.2) is 0 Å². The van der Waals surface area contributed by atoms with E-state index < -0.39 is 0 Å². The van der Waals surface area contributed by atoms with Crippen molar-refractivity contribution < 1.29 is 4.92 Å². The van der Waals surface area contributed by atoms with Crippen LogP contribution in [-0.4, -0.2) is 30.6 Å². The number of likely N-dealkylation sites (N-methyl/N-ethyl adjacent to an activating group) is 1. The fourth-order valence-electron chi connectivity index (χ4n) is 2.67. The Bertz CT molecular complexity index is 442. The Morgan fingerprint density at radius 3 is 2.89 bits per heavy atom. The van der Waals surface area contributed by atoms with Crippen LogP contribution in [0.1, 0.15) is 18.9 Å². The molecule has 98 valence electrons. The first kappa shape index (κ1) is 12.8. The fourth-order valence-corrected chi connectivity index (χ4v) is 2.67. The Balaban J connectivity index is 2.43. The molecule has 0 aliphatic carbocycles. The topological polar surface area (TPSA) is 58.4 Å². The van der Waals surface area contributed by atoms with Crippen molar-refractivity contribution in [2.75, 3.05) is 24.5 Å². The molecule has 1 heterocycles. The molecule has 0 spiro atoms. The van der Waals surface area contributed by atoms with E-state index in [0.29, 0.717) is 6.04 Å². The van der Waals surface area contributed by atoms with E-state index in [1.807, 2.05) is 13.0 Å². The van der Waals surface area contributed by atoms with Gasteiger partial charge in [-0.3, -0.25) is 10.1 Å². The molecule has 1 aliphatic heterocycles. The number of hydrogen-bond acceptors (Lipinski definition) is 4. The van der Waals surface area contributed by atoms with Gasteiger partial charge in [-0.1, -0.05) is 12.1 Å². The second-order valence-electron chi connectivity index (χ2n) is 4.63. The van der Waals surface area contributed by atoms with E-state index in [1.165, 1.54) is 0 Å². The largest absolute Gasteiger partial charge is 0.362 e.